The summed E-state index contributed by atoms with van der Waals surface area (Å²) in [6, 6.07) is 12.4. The van der Waals surface area contributed by atoms with Crippen LogP contribution in [0.25, 0.3) is 5.57 Å². The first-order chi connectivity index (χ1) is 10.5. The summed E-state index contributed by atoms with van der Waals surface area (Å²) in [6.07, 6.45) is 1.84. The first kappa shape index (κ1) is 14.8. The summed E-state index contributed by atoms with van der Waals surface area (Å²) in [5.41, 5.74) is 9.07. The van der Waals surface area contributed by atoms with Crippen LogP contribution in [0.3, 0.4) is 0 Å². The summed E-state index contributed by atoms with van der Waals surface area (Å²) >= 11 is 0. The molecule has 0 atom stereocenters. The third-order valence-corrected chi connectivity index (χ3v) is 4.89. The van der Waals surface area contributed by atoms with Crippen molar-refractivity contribution in [2.75, 3.05) is 0 Å². The number of rotatable bonds is 3. The highest BCUT2D eigenvalue weighted by Crippen LogP contribution is 2.36. The van der Waals surface area contributed by atoms with Crippen LogP contribution in [0.2, 0.25) is 0 Å². The molecule has 0 fully saturated rings. The molecule has 0 N–H and O–H groups in total. The van der Waals surface area contributed by atoms with Crippen molar-refractivity contribution in [2.24, 2.45) is 0 Å². The van der Waals surface area contributed by atoms with Gasteiger partial charge in [-0.2, -0.15) is 0 Å². The van der Waals surface area contributed by atoms with E-state index in [1.54, 1.807) is 0 Å². The molecule has 22 heavy (non-hydrogen) atoms. The Hall–Kier alpha value is -2.15. The van der Waals surface area contributed by atoms with E-state index in [1.165, 1.54) is 27.8 Å². The van der Waals surface area contributed by atoms with E-state index in [4.69, 9.17) is 0 Å². The Bertz CT molecular complexity index is 770. The van der Waals surface area contributed by atoms with Crippen LogP contribution in [0.1, 0.15) is 51.5 Å². The van der Waals surface area contributed by atoms with Gasteiger partial charge in [-0.1, -0.05) is 36.8 Å². The molecule has 0 aromatic heterocycles. The van der Waals surface area contributed by atoms with Crippen LogP contribution < -0.4 is 0 Å². The zero-order valence-corrected chi connectivity index (χ0v) is 13.8. The molecule has 0 bridgehead atoms. The highest BCUT2D eigenvalue weighted by atomic mass is 16.1. The number of benzene rings is 2. The fraction of sp³-hybridized carbons (Fsp3) is 0.286. The number of aryl methyl sites for hydroxylation is 2. The van der Waals surface area contributed by atoms with E-state index in [1.807, 2.05) is 18.2 Å². The Labute approximate surface area is 132 Å². The largest absolute Gasteiger partial charge is 0.289 e. The molecular weight excluding hydrogens is 268 g/mol. The summed E-state index contributed by atoms with van der Waals surface area (Å²) in [5, 5.41) is 0. The molecule has 1 aliphatic carbocycles. The number of fused-ring (bicyclic) bond motifs is 1. The second kappa shape index (κ2) is 5.57. The number of hydrogen-bond donors (Lipinski definition) is 0. The molecule has 0 heterocycles. The van der Waals surface area contributed by atoms with Gasteiger partial charge in [0.05, 0.1) is 0 Å². The Morgan fingerprint density at radius 1 is 1.05 bits per heavy atom. The molecule has 112 valence electrons. The number of ketones is 1. The number of carbonyl (C=O) groups is 1. The molecule has 1 heteroatoms. The third kappa shape index (κ3) is 2.31. The van der Waals surface area contributed by atoms with E-state index in [-0.39, 0.29) is 5.78 Å². The van der Waals surface area contributed by atoms with Gasteiger partial charge in [-0.3, -0.25) is 4.79 Å². The molecule has 2 aromatic carbocycles. The van der Waals surface area contributed by atoms with E-state index >= 15 is 0 Å². The number of Topliss-reactive ketones (excluding diaryl/α,β-unsaturated/α-hetero) is 1. The Kier molecular flexibility index (Phi) is 3.74. The smallest absolute Gasteiger partial charge is 0.193 e. The minimum Gasteiger partial charge on any atom is -0.289 e. The lowest BCUT2D eigenvalue weighted by atomic mass is 9.92. The summed E-state index contributed by atoms with van der Waals surface area (Å²) in [5.74, 6) is 0.174. The summed E-state index contributed by atoms with van der Waals surface area (Å²) in [4.78, 5) is 13.1. The van der Waals surface area contributed by atoms with E-state index in [9.17, 15) is 4.79 Å². The SMILES string of the molecule is CCC1=C(C(=O)c2cc(C)c(C)c(C)c2)c2ccccc2C1. The zero-order valence-electron chi connectivity index (χ0n) is 13.8. The summed E-state index contributed by atoms with van der Waals surface area (Å²) in [6.45, 7) is 8.41. The van der Waals surface area contributed by atoms with Crippen molar-refractivity contribution in [3.63, 3.8) is 0 Å². The molecule has 0 amide bonds. The molecule has 2 aromatic rings. The lowest BCUT2D eigenvalue weighted by Crippen LogP contribution is -2.05. The maximum Gasteiger partial charge on any atom is 0.193 e. The maximum atomic E-state index is 13.1. The minimum absolute atomic E-state index is 0.174. The van der Waals surface area contributed by atoms with Gasteiger partial charge >= 0.3 is 0 Å². The van der Waals surface area contributed by atoms with Crippen LogP contribution >= 0.6 is 0 Å². The van der Waals surface area contributed by atoms with Gasteiger partial charge in [-0.15, -0.1) is 0 Å². The minimum atomic E-state index is 0.174. The van der Waals surface area contributed by atoms with Crippen molar-refractivity contribution >= 4 is 11.4 Å². The van der Waals surface area contributed by atoms with Crippen molar-refractivity contribution in [3.05, 3.63) is 75.4 Å². The molecule has 3 rings (SSSR count). The lowest BCUT2D eigenvalue weighted by Gasteiger charge is -2.11. The number of allylic oxidation sites excluding steroid dienone is 2. The first-order valence-corrected chi connectivity index (χ1v) is 7.95. The van der Waals surface area contributed by atoms with Crippen molar-refractivity contribution in [3.8, 4) is 0 Å². The van der Waals surface area contributed by atoms with E-state index < -0.39 is 0 Å². The quantitative estimate of drug-likeness (QED) is 0.709. The average molecular weight is 290 g/mol. The average Bonchev–Trinajstić information content (AvgIpc) is 2.89. The maximum absolute atomic E-state index is 13.1. The van der Waals surface area contributed by atoms with Crippen LogP contribution in [0.5, 0.6) is 0 Å². The van der Waals surface area contributed by atoms with Gasteiger partial charge < -0.3 is 0 Å². The van der Waals surface area contributed by atoms with Crippen LogP contribution in [-0.4, -0.2) is 5.78 Å². The van der Waals surface area contributed by atoms with E-state index in [2.05, 4.69) is 45.9 Å². The van der Waals surface area contributed by atoms with Crippen LogP contribution in [-0.2, 0) is 6.42 Å². The van der Waals surface area contributed by atoms with Crippen LogP contribution in [0.4, 0.5) is 0 Å². The standard InChI is InChI=1S/C21H22O/c1-5-16-12-17-8-6-7-9-19(17)20(16)21(22)18-10-13(2)15(4)14(3)11-18/h6-11H,5,12H2,1-4H3. The Morgan fingerprint density at radius 3 is 2.32 bits per heavy atom. The highest BCUT2D eigenvalue weighted by molar-refractivity contribution is 6.30. The molecular formula is C21H22O. The molecule has 1 nitrogen and oxygen atoms in total. The van der Waals surface area contributed by atoms with Gasteiger partial charge in [0, 0.05) is 11.1 Å². The zero-order chi connectivity index (χ0) is 15.9. The van der Waals surface area contributed by atoms with E-state index in [0.717, 1.165) is 29.5 Å². The van der Waals surface area contributed by atoms with Crippen LogP contribution in [0.15, 0.2) is 42.0 Å². The van der Waals surface area contributed by atoms with Crippen molar-refractivity contribution in [1.29, 1.82) is 0 Å². The van der Waals surface area contributed by atoms with Gasteiger partial charge in [0.1, 0.15) is 0 Å². The van der Waals surface area contributed by atoms with Gasteiger partial charge in [-0.05, 0) is 73.6 Å². The Balaban J connectivity index is 2.12. The summed E-state index contributed by atoms with van der Waals surface area (Å²) < 4.78 is 0. The molecule has 0 spiro atoms. The second-order valence-electron chi connectivity index (χ2n) is 6.23. The van der Waals surface area contributed by atoms with E-state index in [0.29, 0.717) is 0 Å². The fourth-order valence-corrected chi connectivity index (χ4v) is 3.32. The van der Waals surface area contributed by atoms with Crippen molar-refractivity contribution in [2.45, 2.75) is 40.5 Å². The molecule has 0 saturated heterocycles. The third-order valence-electron chi connectivity index (χ3n) is 4.89. The van der Waals surface area contributed by atoms with Gasteiger partial charge in [0.25, 0.3) is 0 Å². The monoisotopic (exact) mass is 290 g/mol. The molecule has 0 radical (unpaired) electrons. The van der Waals surface area contributed by atoms with Gasteiger partial charge in [0.2, 0.25) is 0 Å². The topological polar surface area (TPSA) is 17.1 Å². The normalized spacial score (nSPS) is 13.5. The second-order valence-corrected chi connectivity index (χ2v) is 6.23. The Morgan fingerprint density at radius 2 is 1.68 bits per heavy atom. The molecule has 0 unspecified atom stereocenters. The predicted molar refractivity (Wildman–Crippen MR) is 92.3 cm³/mol. The molecule has 0 saturated carbocycles. The molecule has 1 aliphatic rings. The number of carbonyl (C=O) groups excluding carboxylic acids is 1. The fourth-order valence-electron chi connectivity index (χ4n) is 3.32. The van der Waals surface area contributed by atoms with Gasteiger partial charge in [0.15, 0.2) is 5.78 Å². The molecule has 0 aliphatic heterocycles. The van der Waals surface area contributed by atoms with Crippen molar-refractivity contribution in [1.82, 2.24) is 0 Å². The highest BCUT2D eigenvalue weighted by Gasteiger charge is 2.26. The van der Waals surface area contributed by atoms with Crippen LogP contribution in [0, 0.1) is 20.8 Å². The lowest BCUT2D eigenvalue weighted by molar-refractivity contribution is 0.105. The predicted octanol–water partition coefficient (Wildman–Crippen LogP) is 5.21. The first-order valence-electron chi connectivity index (χ1n) is 7.95. The summed E-state index contributed by atoms with van der Waals surface area (Å²) in [7, 11) is 0. The number of hydrogen-bond acceptors (Lipinski definition) is 1. The van der Waals surface area contributed by atoms with Crippen molar-refractivity contribution < 1.29 is 4.79 Å². The van der Waals surface area contributed by atoms with Gasteiger partial charge in [-0.25, -0.2) is 0 Å².